The summed E-state index contributed by atoms with van der Waals surface area (Å²) in [7, 11) is -4.97. The van der Waals surface area contributed by atoms with Crippen LogP contribution in [-0.4, -0.2) is 37.0 Å². The summed E-state index contributed by atoms with van der Waals surface area (Å²) in [6.07, 6.45) is 4.98. The van der Waals surface area contributed by atoms with E-state index in [4.69, 9.17) is 9.47 Å². The molecule has 29 heavy (non-hydrogen) atoms. The van der Waals surface area contributed by atoms with Gasteiger partial charge in [-0.1, -0.05) is 53.4 Å². The van der Waals surface area contributed by atoms with Gasteiger partial charge in [-0.15, -0.1) is 0 Å². The third-order valence-corrected chi connectivity index (χ3v) is 7.09. The minimum atomic E-state index is -4.97. The van der Waals surface area contributed by atoms with Crippen molar-refractivity contribution in [3.63, 3.8) is 0 Å². The third kappa shape index (κ3) is 8.13. The molecule has 1 heterocycles. The van der Waals surface area contributed by atoms with Crippen molar-refractivity contribution >= 4 is 22.1 Å². The van der Waals surface area contributed by atoms with Gasteiger partial charge >= 0.3 is 41.5 Å². The number of rotatable bonds is 12. The van der Waals surface area contributed by atoms with Crippen LogP contribution in [0.2, 0.25) is 0 Å². The Labute approximate surface area is 197 Å². The molecule has 4 unspecified atom stereocenters. The fourth-order valence-electron chi connectivity index (χ4n) is 4.21. The standard InChI is InChI=1S/C20H36O7S.Na/c1-5-9-11-15(7-3)12-17(21)27-19(28(23,24)25)20(8-4)13-18(22)26-14-16(20)10-6-2;/h15-16,19H,5-14H2,1-4H3,(H,23,24,25);/q;+1/p-1. The van der Waals surface area contributed by atoms with E-state index in [2.05, 4.69) is 6.92 Å². The molecule has 0 radical (unpaired) electrons. The van der Waals surface area contributed by atoms with Crippen molar-refractivity contribution in [2.45, 2.75) is 90.9 Å². The van der Waals surface area contributed by atoms with E-state index >= 15 is 0 Å². The zero-order valence-corrected chi connectivity index (χ0v) is 21.4. The van der Waals surface area contributed by atoms with E-state index in [-0.39, 0.29) is 67.3 Å². The summed E-state index contributed by atoms with van der Waals surface area (Å²) < 4.78 is 46.8. The Hall–Kier alpha value is -0.150. The van der Waals surface area contributed by atoms with Crippen LogP contribution >= 0.6 is 0 Å². The minimum Gasteiger partial charge on any atom is -0.745 e. The maximum Gasteiger partial charge on any atom is 1.00 e. The summed E-state index contributed by atoms with van der Waals surface area (Å²) in [5.41, 5.74) is -3.11. The predicted octanol–water partition coefficient (Wildman–Crippen LogP) is 0.771. The van der Waals surface area contributed by atoms with Crippen molar-refractivity contribution in [1.29, 1.82) is 0 Å². The molecule has 7 nitrogen and oxygen atoms in total. The van der Waals surface area contributed by atoms with Crippen LogP contribution in [-0.2, 0) is 29.2 Å². The van der Waals surface area contributed by atoms with Gasteiger partial charge in [0.1, 0.15) is 10.1 Å². The first kappa shape index (κ1) is 28.9. The average molecular weight is 443 g/mol. The molecular formula is C20H35NaO7S. The predicted molar refractivity (Wildman–Crippen MR) is 104 cm³/mol. The van der Waals surface area contributed by atoms with Gasteiger partial charge in [-0.2, -0.15) is 0 Å². The van der Waals surface area contributed by atoms with Crippen molar-refractivity contribution in [3.05, 3.63) is 0 Å². The second-order valence-corrected chi connectivity index (χ2v) is 9.28. The largest absolute Gasteiger partial charge is 1.00 e. The molecule has 0 amide bonds. The summed E-state index contributed by atoms with van der Waals surface area (Å²) in [6.45, 7) is 7.73. The van der Waals surface area contributed by atoms with Crippen LogP contribution in [0.1, 0.15) is 85.5 Å². The summed E-state index contributed by atoms with van der Waals surface area (Å²) in [4.78, 5) is 24.5. The number of carbonyl (C=O) groups is 2. The van der Waals surface area contributed by atoms with E-state index in [1.165, 1.54) is 0 Å². The van der Waals surface area contributed by atoms with Gasteiger partial charge in [0.2, 0.25) is 0 Å². The first-order valence-corrected chi connectivity index (χ1v) is 11.9. The molecule has 0 saturated carbocycles. The molecule has 1 saturated heterocycles. The van der Waals surface area contributed by atoms with Gasteiger partial charge in [-0.25, -0.2) is 8.42 Å². The second kappa shape index (κ2) is 13.3. The molecule has 9 heteroatoms. The van der Waals surface area contributed by atoms with Crippen molar-refractivity contribution in [2.75, 3.05) is 6.61 Å². The van der Waals surface area contributed by atoms with Crippen molar-refractivity contribution in [1.82, 2.24) is 0 Å². The smallest absolute Gasteiger partial charge is 0.745 e. The molecule has 164 valence electrons. The van der Waals surface area contributed by atoms with Crippen LogP contribution in [0.3, 0.4) is 0 Å². The molecule has 4 atom stereocenters. The molecule has 1 rings (SSSR count). The maximum absolute atomic E-state index is 12.5. The van der Waals surface area contributed by atoms with Crippen LogP contribution < -0.4 is 29.6 Å². The van der Waals surface area contributed by atoms with Crippen molar-refractivity contribution in [3.8, 4) is 0 Å². The number of unbranched alkanes of at least 4 members (excludes halogenated alkanes) is 1. The van der Waals surface area contributed by atoms with Crippen molar-refractivity contribution < 1.29 is 61.6 Å². The number of ether oxygens (including phenoxy) is 2. The molecule has 0 aromatic rings. The number of esters is 2. The molecule has 1 fully saturated rings. The molecule has 0 aromatic heterocycles. The number of hydrogen-bond acceptors (Lipinski definition) is 7. The Kier molecular flexibility index (Phi) is 13.2. The van der Waals surface area contributed by atoms with Gasteiger partial charge in [0, 0.05) is 17.8 Å². The minimum absolute atomic E-state index is 0. The molecule has 0 aromatic carbocycles. The Morgan fingerprint density at radius 1 is 1.28 bits per heavy atom. The monoisotopic (exact) mass is 442 g/mol. The first-order valence-electron chi connectivity index (χ1n) is 10.4. The Balaban J connectivity index is 0.00000784. The van der Waals surface area contributed by atoms with E-state index in [1.54, 1.807) is 6.92 Å². The zero-order chi connectivity index (χ0) is 21.4. The quantitative estimate of drug-likeness (QED) is 0.249. The van der Waals surface area contributed by atoms with Gasteiger partial charge < -0.3 is 14.0 Å². The first-order chi connectivity index (χ1) is 13.1. The number of cyclic esters (lactones) is 1. The van der Waals surface area contributed by atoms with Gasteiger partial charge in [0.15, 0.2) is 5.44 Å². The second-order valence-electron chi connectivity index (χ2n) is 7.87. The van der Waals surface area contributed by atoms with E-state index < -0.39 is 32.9 Å². The summed E-state index contributed by atoms with van der Waals surface area (Å²) in [6, 6.07) is 0. The van der Waals surface area contributed by atoms with E-state index in [0.717, 1.165) is 32.1 Å². The van der Waals surface area contributed by atoms with Crippen LogP contribution in [0.25, 0.3) is 0 Å². The van der Waals surface area contributed by atoms with Gasteiger partial charge in [0.05, 0.1) is 13.0 Å². The fraction of sp³-hybridized carbons (Fsp3) is 0.900. The van der Waals surface area contributed by atoms with Crippen molar-refractivity contribution in [2.24, 2.45) is 17.3 Å². The zero-order valence-electron chi connectivity index (χ0n) is 18.6. The molecule has 0 aliphatic carbocycles. The summed E-state index contributed by atoms with van der Waals surface area (Å²) in [5, 5.41) is 0. The molecule has 0 spiro atoms. The fourth-order valence-corrected chi connectivity index (χ4v) is 5.45. The van der Waals surface area contributed by atoms with Gasteiger partial charge in [0.25, 0.3) is 0 Å². The van der Waals surface area contributed by atoms with Crippen LogP contribution in [0.4, 0.5) is 0 Å². The average Bonchev–Trinajstić information content (AvgIpc) is 2.64. The number of carbonyl (C=O) groups excluding carboxylic acids is 2. The maximum atomic E-state index is 12.5. The number of hydrogen-bond donors (Lipinski definition) is 0. The molecular weight excluding hydrogens is 407 g/mol. The Morgan fingerprint density at radius 2 is 1.93 bits per heavy atom. The van der Waals surface area contributed by atoms with E-state index in [0.29, 0.717) is 6.42 Å². The van der Waals surface area contributed by atoms with Gasteiger partial charge in [-0.05, 0) is 25.2 Å². The molecule has 1 aliphatic rings. The van der Waals surface area contributed by atoms with Crippen LogP contribution in [0, 0.1) is 17.3 Å². The molecule has 0 bridgehead atoms. The van der Waals surface area contributed by atoms with E-state index in [9.17, 15) is 22.6 Å². The van der Waals surface area contributed by atoms with E-state index in [1.807, 2.05) is 13.8 Å². The Bertz CT molecular complexity index is 622. The van der Waals surface area contributed by atoms with Crippen LogP contribution in [0.15, 0.2) is 0 Å². The Morgan fingerprint density at radius 3 is 2.41 bits per heavy atom. The normalized spacial score (nSPS) is 24.2. The topological polar surface area (TPSA) is 110 Å². The third-order valence-electron chi connectivity index (χ3n) is 6.00. The molecule has 1 aliphatic heterocycles. The van der Waals surface area contributed by atoms with Crippen LogP contribution in [0.5, 0.6) is 0 Å². The summed E-state index contributed by atoms with van der Waals surface area (Å²) >= 11 is 0. The van der Waals surface area contributed by atoms with Gasteiger partial charge in [-0.3, -0.25) is 9.59 Å². The molecule has 0 N–H and O–H groups in total. The summed E-state index contributed by atoms with van der Waals surface area (Å²) in [5.74, 6) is -1.51. The SMILES string of the molecule is CCCCC(CC)CC(=O)OC(C1(CC)CC(=O)OCC1CCC)S(=O)(=O)[O-].[Na+].